The molecular weight excluding hydrogens is 408 g/mol. The first kappa shape index (κ1) is 19.9. The highest BCUT2D eigenvalue weighted by Crippen LogP contribution is 2.24. The summed E-state index contributed by atoms with van der Waals surface area (Å²) in [5.41, 5.74) is -1.08. The van der Waals surface area contributed by atoms with Crippen LogP contribution in [0.4, 0.5) is 17.2 Å². The van der Waals surface area contributed by atoms with Gasteiger partial charge in [0.1, 0.15) is 6.33 Å². The number of nitro benzene ring substituents is 2. The van der Waals surface area contributed by atoms with Crippen LogP contribution in [0.3, 0.4) is 0 Å². The number of carbonyl (C=O) groups excluding carboxylic acids is 1. The number of nitrogens with zero attached hydrogens (tertiary/aromatic N) is 8. The fourth-order valence-corrected chi connectivity index (χ4v) is 3.27. The van der Waals surface area contributed by atoms with Gasteiger partial charge in [-0.1, -0.05) is 0 Å². The Morgan fingerprint density at radius 3 is 2.03 bits per heavy atom. The van der Waals surface area contributed by atoms with E-state index in [9.17, 15) is 25.0 Å². The van der Waals surface area contributed by atoms with Crippen LogP contribution < -0.4 is 4.90 Å². The molecule has 158 valence electrons. The monoisotopic (exact) mass is 424 g/mol. The summed E-state index contributed by atoms with van der Waals surface area (Å²) < 4.78 is 1.73. The summed E-state index contributed by atoms with van der Waals surface area (Å²) >= 11 is 0. The van der Waals surface area contributed by atoms with Crippen molar-refractivity contribution in [1.29, 1.82) is 0 Å². The number of piperazine rings is 1. The predicted molar refractivity (Wildman–Crippen MR) is 107 cm³/mol. The maximum absolute atomic E-state index is 12.8. The minimum Gasteiger partial charge on any atom is -0.352 e. The van der Waals surface area contributed by atoms with Crippen LogP contribution in [0.15, 0.2) is 49.1 Å². The molecule has 1 aliphatic heterocycles. The number of carbonyl (C=O) groups is 1. The van der Waals surface area contributed by atoms with Gasteiger partial charge in [-0.15, -0.1) is 10.2 Å². The van der Waals surface area contributed by atoms with Crippen molar-refractivity contribution in [3.63, 3.8) is 0 Å². The van der Waals surface area contributed by atoms with Crippen LogP contribution in [0, 0.1) is 20.2 Å². The molecule has 0 radical (unpaired) electrons. The zero-order chi connectivity index (χ0) is 22.0. The van der Waals surface area contributed by atoms with Crippen LogP contribution in [-0.2, 0) is 0 Å². The van der Waals surface area contributed by atoms with Gasteiger partial charge in [0.15, 0.2) is 11.6 Å². The molecule has 0 unspecified atom stereocenters. The van der Waals surface area contributed by atoms with Crippen molar-refractivity contribution in [2.75, 3.05) is 31.1 Å². The third-order valence-corrected chi connectivity index (χ3v) is 4.87. The summed E-state index contributed by atoms with van der Waals surface area (Å²) in [7, 11) is 0. The number of benzene rings is 1. The van der Waals surface area contributed by atoms with Gasteiger partial charge in [0, 0.05) is 50.7 Å². The molecule has 0 bridgehead atoms. The summed E-state index contributed by atoms with van der Waals surface area (Å²) in [6.07, 6.45) is 5.01. The van der Waals surface area contributed by atoms with Crippen molar-refractivity contribution in [3.05, 3.63) is 74.8 Å². The van der Waals surface area contributed by atoms with E-state index in [1.54, 1.807) is 23.3 Å². The fraction of sp³-hybridized carbons (Fsp3) is 0.222. The van der Waals surface area contributed by atoms with Crippen LogP contribution in [0.2, 0.25) is 0 Å². The highest BCUT2D eigenvalue weighted by atomic mass is 16.6. The molecule has 31 heavy (non-hydrogen) atoms. The second kappa shape index (κ2) is 8.14. The molecule has 13 heteroatoms. The summed E-state index contributed by atoms with van der Waals surface area (Å²) in [6, 6.07) is 6.58. The standard InChI is InChI=1S/C18H16N8O5/c27-18(13-9-14(25(28)29)11-15(10-13)26(30)31)23-7-5-22(6-8-23)16-1-2-17(21-20-16)24-4-3-19-12-24/h1-4,9-12H,5-8H2. The Balaban J connectivity index is 1.44. The topological polar surface area (TPSA) is 153 Å². The molecule has 1 amide bonds. The average Bonchev–Trinajstić information content (AvgIpc) is 3.33. The van der Waals surface area contributed by atoms with Gasteiger partial charge >= 0.3 is 0 Å². The first-order chi connectivity index (χ1) is 14.9. The molecule has 1 saturated heterocycles. The Morgan fingerprint density at radius 1 is 0.903 bits per heavy atom. The van der Waals surface area contributed by atoms with Gasteiger partial charge in [0.05, 0.1) is 21.5 Å². The third-order valence-electron chi connectivity index (χ3n) is 4.87. The maximum atomic E-state index is 12.8. The van der Waals surface area contributed by atoms with E-state index in [1.807, 2.05) is 17.0 Å². The van der Waals surface area contributed by atoms with Crippen molar-refractivity contribution >= 4 is 23.1 Å². The first-order valence-corrected chi connectivity index (χ1v) is 9.22. The van der Waals surface area contributed by atoms with E-state index in [2.05, 4.69) is 15.2 Å². The summed E-state index contributed by atoms with van der Waals surface area (Å²) in [5.74, 6) is 0.789. The van der Waals surface area contributed by atoms with E-state index < -0.39 is 27.1 Å². The molecule has 0 spiro atoms. The van der Waals surface area contributed by atoms with E-state index in [0.717, 1.165) is 18.2 Å². The van der Waals surface area contributed by atoms with Gasteiger partial charge in [0.25, 0.3) is 17.3 Å². The molecule has 3 aromatic rings. The lowest BCUT2D eigenvalue weighted by molar-refractivity contribution is -0.394. The molecule has 1 aliphatic rings. The molecule has 0 aliphatic carbocycles. The van der Waals surface area contributed by atoms with Gasteiger partial charge in [-0.3, -0.25) is 29.6 Å². The molecule has 1 aromatic carbocycles. The zero-order valence-electron chi connectivity index (χ0n) is 16.1. The molecule has 3 heterocycles. The Morgan fingerprint density at radius 2 is 1.52 bits per heavy atom. The van der Waals surface area contributed by atoms with Gasteiger partial charge in [-0.2, -0.15) is 0 Å². The van der Waals surface area contributed by atoms with Crippen LogP contribution in [0.1, 0.15) is 10.4 Å². The number of hydrogen-bond donors (Lipinski definition) is 0. The third kappa shape index (κ3) is 4.14. The lowest BCUT2D eigenvalue weighted by Gasteiger charge is -2.35. The number of anilines is 1. The number of imidazole rings is 1. The summed E-state index contributed by atoms with van der Waals surface area (Å²) in [4.78, 5) is 40.8. The van der Waals surface area contributed by atoms with Crippen molar-refractivity contribution in [1.82, 2.24) is 24.6 Å². The zero-order valence-corrected chi connectivity index (χ0v) is 16.1. The quantitative estimate of drug-likeness (QED) is 0.437. The number of aromatic nitrogens is 4. The molecule has 0 saturated carbocycles. The second-order valence-corrected chi connectivity index (χ2v) is 6.75. The summed E-state index contributed by atoms with van der Waals surface area (Å²) in [5, 5.41) is 30.5. The number of rotatable bonds is 5. The molecule has 2 aromatic heterocycles. The highest BCUT2D eigenvalue weighted by molar-refractivity contribution is 5.95. The number of hydrogen-bond acceptors (Lipinski definition) is 9. The van der Waals surface area contributed by atoms with Gasteiger partial charge < -0.3 is 9.80 Å². The highest BCUT2D eigenvalue weighted by Gasteiger charge is 2.26. The van der Waals surface area contributed by atoms with Crippen molar-refractivity contribution < 1.29 is 14.6 Å². The Hall–Kier alpha value is -4.42. The van der Waals surface area contributed by atoms with E-state index in [0.29, 0.717) is 37.8 Å². The molecule has 0 N–H and O–H groups in total. The number of non-ortho nitro benzene ring substituents is 2. The molecule has 1 fully saturated rings. The van der Waals surface area contributed by atoms with Crippen molar-refractivity contribution in [2.24, 2.45) is 0 Å². The van der Waals surface area contributed by atoms with Crippen LogP contribution in [0.25, 0.3) is 5.82 Å². The molecule has 4 rings (SSSR count). The maximum Gasteiger partial charge on any atom is 0.277 e. The normalized spacial score (nSPS) is 13.8. The molecule has 13 nitrogen and oxygen atoms in total. The van der Waals surface area contributed by atoms with Gasteiger partial charge in [-0.25, -0.2) is 4.98 Å². The Labute approximate surface area is 174 Å². The largest absolute Gasteiger partial charge is 0.352 e. The van der Waals surface area contributed by atoms with Crippen molar-refractivity contribution in [2.45, 2.75) is 0 Å². The second-order valence-electron chi connectivity index (χ2n) is 6.75. The van der Waals surface area contributed by atoms with E-state index in [1.165, 1.54) is 4.90 Å². The van der Waals surface area contributed by atoms with E-state index in [-0.39, 0.29) is 5.56 Å². The van der Waals surface area contributed by atoms with E-state index in [4.69, 9.17) is 0 Å². The van der Waals surface area contributed by atoms with Gasteiger partial charge in [0.2, 0.25) is 0 Å². The molecular formula is C18H16N8O5. The fourth-order valence-electron chi connectivity index (χ4n) is 3.27. The number of nitro groups is 2. The minimum atomic E-state index is -0.756. The molecule has 0 atom stereocenters. The average molecular weight is 424 g/mol. The van der Waals surface area contributed by atoms with E-state index >= 15 is 0 Å². The summed E-state index contributed by atoms with van der Waals surface area (Å²) in [6.45, 7) is 1.62. The van der Waals surface area contributed by atoms with Gasteiger partial charge in [-0.05, 0) is 12.1 Å². The van der Waals surface area contributed by atoms with Crippen LogP contribution >= 0.6 is 0 Å². The first-order valence-electron chi connectivity index (χ1n) is 9.22. The Bertz CT molecular complexity index is 1090. The van der Waals surface area contributed by atoms with Crippen molar-refractivity contribution in [3.8, 4) is 5.82 Å². The Kier molecular flexibility index (Phi) is 5.22. The smallest absolute Gasteiger partial charge is 0.277 e. The minimum absolute atomic E-state index is 0.0844. The van der Waals surface area contributed by atoms with Crippen LogP contribution in [0.5, 0.6) is 0 Å². The van der Waals surface area contributed by atoms with Crippen LogP contribution in [-0.4, -0.2) is 66.6 Å². The number of amides is 1. The predicted octanol–water partition coefficient (Wildman–Crippen LogP) is 1.44. The lowest BCUT2D eigenvalue weighted by Crippen LogP contribution is -2.49. The lowest BCUT2D eigenvalue weighted by atomic mass is 10.1. The SMILES string of the molecule is O=C(c1cc([N+](=O)[O-])cc([N+](=O)[O-])c1)N1CCN(c2ccc(-n3ccnc3)nn2)CC1.